The molecule has 0 aromatic heterocycles. The van der Waals surface area contributed by atoms with E-state index in [1.165, 1.54) is 6.42 Å². The van der Waals surface area contributed by atoms with Gasteiger partial charge in [0, 0.05) is 0 Å². The van der Waals surface area contributed by atoms with Crippen molar-refractivity contribution in [3.05, 3.63) is 0 Å². The Bertz CT molecular complexity index is 267. The molecule has 3 aliphatic carbocycles. The minimum Gasteiger partial charge on any atom is -0.0651 e. The molecule has 0 aromatic rings. The zero-order chi connectivity index (χ0) is 11.3. The molecule has 0 aliphatic heterocycles. The summed E-state index contributed by atoms with van der Waals surface area (Å²) in [6, 6.07) is 0. The molecule has 0 N–H and O–H groups in total. The van der Waals surface area contributed by atoms with Gasteiger partial charge < -0.3 is 0 Å². The van der Waals surface area contributed by atoms with Crippen molar-refractivity contribution in [2.45, 2.75) is 65.7 Å². The largest absolute Gasteiger partial charge is 0.0651 e. The molecular weight excluding hydrogens is 192 g/mol. The van der Waals surface area contributed by atoms with Gasteiger partial charge in [-0.25, -0.2) is 0 Å². The van der Waals surface area contributed by atoms with Crippen LogP contribution in [0.25, 0.3) is 0 Å². The molecule has 0 amide bonds. The van der Waals surface area contributed by atoms with Crippen LogP contribution in [-0.4, -0.2) is 0 Å². The Morgan fingerprint density at radius 2 is 1.69 bits per heavy atom. The van der Waals surface area contributed by atoms with Crippen molar-refractivity contribution >= 4 is 0 Å². The van der Waals surface area contributed by atoms with Gasteiger partial charge >= 0.3 is 0 Å². The fraction of sp³-hybridized carbons (Fsp3) is 1.00. The van der Waals surface area contributed by atoms with Crippen molar-refractivity contribution in [3.63, 3.8) is 0 Å². The molecule has 3 rings (SSSR count). The van der Waals surface area contributed by atoms with Gasteiger partial charge in [0.25, 0.3) is 0 Å². The SMILES string of the molecule is CCC(C)C1(C)CC2CC3CC(C2)C(C3)C1. The van der Waals surface area contributed by atoms with Gasteiger partial charge in [-0.3, -0.25) is 0 Å². The zero-order valence-corrected chi connectivity index (χ0v) is 11.3. The van der Waals surface area contributed by atoms with Gasteiger partial charge in [-0.1, -0.05) is 27.2 Å². The summed E-state index contributed by atoms with van der Waals surface area (Å²) >= 11 is 0. The highest BCUT2D eigenvalue weighted by molar-refractivity contribution is 4.99. The molecule has 0 heterocycles. The Balaban J connectivity index is 1.84. The Morgan fingerprint density at radius 3 is 2.44 bits per heavy atom. The Labute approximate surface area is 101 Å². The summed E-state index contributed by atoms with van der Waals surface area (Å²) in [5.74, 6) is 5.41. The van der Waals surface area contributed by atoms with Crippen LogP contribution in [-0.2, 0) is 0 Å². The minimum absolute atomic E-state index is 0.675. The van der Waals surface area contributed by atoms with E-state index in [1.54, 1.807) is 38.5 Å². The summed E-state index contributed by atoms with van der Waals surface area (Å²) in [7, 11) is 0. The van der Waals surface area contributed by atoms with Gasteiger partial charge in [0.15, 0.2) is 0 Å². The molecular formula is C16H28. The lowest BCUT2D eigenvalue weighted by Gasteiger charge is -2.40. The van der Waals surface area contributed by atoms with Crippen LogP contribution in [0.5, 0.6) is 0 Å². The Hall–Kier alpha value is 0. The summed E-state index contributed by atoms with van der Waals surface area (Å²) in [5.41, 5.74) is 0.675. The topological polar surface area (TPSA) is 0 Å². The van der Waals surface area contributed by atoms with Crippen LogP contribution in [0.15, 0.2) is 0 Å². The third-order valence-electron chi connectivity index (χ3n) is 6.53. The molecule has 3 bridgehead atoms. The van der Waals surface area contributed by atoms with Crippen LogP contribution in [0, 0.1) is 35.0 Å². The van der Waals surface area contributed by atoms with Crippen molar-refractivity contribution < 1.29 is 0 Å². The van der Waals surface area contributed by atoms with E-state index in [0.29, 0.717) is 5.41 Å². The van der Waals surface area contributed by atoms with Gasteiger partial charge in [-0.15, -0.1) is 0 Å². The van der Waals surface area contributed by atoms with Crippen LogP contribution in [0.2, 0.25) is 0 Å². The third kappa shape index (κ3) is 1.64. The van der Waals surface area contributed by atoms with E-state index >= 15 is 0 Å². The van der Waals surface area contributed by atoms with E-state index in [4.69, 9.17) is 0 Å². The fourth-order valence-corrected chi connectivity index (χ4v) is 5.47. The Morgan fingerprint density at radius 1 is 1.00 bits per heavy atom. The molecule has 3 fully saturated rings. The van der Waals surface area contributed by atoms with Gasteiger partial charge in [-0.05, 0) is 73.5 Å². The van der Waals surface area contributed by atoms with Gasteiger partial charge in [0.05, 0.1) is 0 Å². The average molecular weight is 220 g/mol. The quantitative estimate of drug-likeness (QED) is 0.622. The molecule has 16 heavy (non-hydrogen) atoms. The van der Waals surface area contributed by atoms with Crippen LogP contribution < -0.4 is 0 Å². The number of fused-ring (bicyclic) bond motifs is 2. The molecule has 3 aliphatic rings. The predicted molar refractivity (Wildman–Crippen MR) is 69.2 cm³/mol. The lowest BCUT2D eigenvalue weighted by molar-refractivity contribution is 0.104. The maximum Gasteiger partial charge on any atom is -0.0295 e. The van der Waals surface area contributed by atoms with Crippen LogP contribution in [0.3, 0.4) is 0 Å². The highest BCUT2D eigenvalue weighted by Crippen LogP contribution is 2.59. The standard InChI is InChI=1S/C16H28/c1-4-11(2)16(3)9-13-5-12-6-14(8-13)15(7-12)10-16/h11-15H,4-10H2,1-3H3. The van der Waals surface area contributed by atoms with E-state index in [0.717, 1.165) is 29.6 Å². The Kier molecular flexibility index (Phi) is 2.60. The molecule has 3 saturated carbocycles. The third-order valence-corrected chi connectivity index (χ3v) is 6.53. The van der Waals surface area contributed by atoms with Crippen molar-refractivity contribution in [2.75, 3.05) is 0 Å². The molecule has 0 nitrogen and oxygen atoms in total. The van der Waals surface area contributed by atoms with Crippen molar-refractivity contribution in [2.24, 2.45) is 35.0 Å². The number of hydrogen-bond acceptors (Lipinski definition) is 0. The van der Waals surface area contributed by atoms with Gasteiger partial charge in [0.1, 0.15) is 0 Å². The normalized spacial score (nSPS) is 52.7. The minimum atomic E-state index is 0.675. The van der Waals surface area contributed by atoms with Crippen molar-refractivity contribution in [1.82, 2.24) is 0 Å². The van der Waals surface area contributed by atoms with E-state index in [2.05, 4.69) is 20.8 Å². The maximum atomic E-state index is 2.61. The lowest BCUT2D eigenvalue weighted by Crippen LogP contribution is -2.30. The number of hydrogen-bond donors (Lipinski definition) is 0. The summed E-state index contributed by atoms with van der Waals surface area (Å²) < 4.78 is 0. The molecule has 0 aromatic carbocycles. The monoisotopic (exact) mass is 220 g/mol. The second-order valence-electron chi connectivity index (χ2n) is 7.57. The second kappa shape index (κ2) is 3.75. The summed E-state index contributed by atoms with van der Waals surface area (Å²) in [6.45, 7) is 7.50. The van der Waals surface area contributed by atoms with E-state index < -0.39 is 0 Å². The van der Waals surface area contributed by atoms with Gasteiger partial charge in [-0.2, -0.15) is 0 Å². The van der Waals surface area contributed by atoms with Crippen LogP contribution in [0.1, 0.15) is 65.7 Å². The first-order valence-electron chi connectivity index (χ1n) is 7.60. The predicted octanol–water partition coefficient (Wildman–Crippen LogP) is 4.89. The summed E-state index contributed by atoms with van der Waals surface area (Å²) in [5, 5.41) is 0. The first-order chi connectivity index (χ1) is 7.60. The fourth-order valence-electron chi connectivity index (χ4n) is 5.47. The molecule has 6 unspecified atom stereocenters. The summed E-state index contributed by atoms with van der Waals surface area (Å²) in [4.78, 5) is 0. The molecule has 6 atom stereocenters. The maximum absolute atomic E-state index is 2.61. The van der Waals surface area contributed by atoms with Crippen LogP contribution in [0.4, 0.5) is 0 Å². The first-order valence-corrected chi connectivity index (χ1v) is 7.60. The highest BCUT2D eigenvalue weighted by Gasteiger charge is 2.49. The lowest BCUT2D eigenvalue weighted by atomic mass is 9.65. The molecule has 92 valence electrons. The smallest absolute Gasteiger partial charge is 0.0295 e. The highest BCUT2D eigenvalue weighted by atomic mass is 14.5. The molecule has 0 saturated heterocycles. The van der Waals surface area contributed by atoms with Crippen LogP contribution >= 0.6 is 0 Å². The van der Waals surface area contributed by atoms with E-state index in [1.807, 2.05) is 0 Å². The number of rotatable bonds is 2. The average Bonchev–Trinajstić information content (AvgIpc) is 2.46. The van der Waals surface area contributed by atoms with E-state index in [-0.39, 0.29) is 0 Å². The first kappa shape index (κ1) is 11.1. The zero-order valence-electron chi connectivity index (χ0n) is 11.3. The van der Waals surface area contributed by atoms with Gasteiger partial charge in [0.2, 0.25) is 0 Å². The van der Waals surface area contributed by atoms with Crippen molar-refractivity contribution in [1.29, 1.82) is 0 Å². The molecule has 0 radical (unpaired) electrons. The second-order valence-corrected chi connectivity index (χ2v) is 7.57. The van der Waals surface area contributed by atoms with Crippen molar-refractivity contribution in [3.8, 4) is 0 Å². The molecule has 0 heteroatoms. The van der Waals surface area contributed by atoms with E-state index in [9.17, 15) is 0 Å². The summed E-state index contributed by atoms with van der Waals surface area (Å²) in [6.07, 6.45) is 10.8. The molecule has 0 spiro atoms.